The highest BCUT2D eigenvalue weighted by molar-refractivity contribution is 8.01. The van der Waals surface area contributed by atoms with Crippen LogP contribution in [-0.4, -0.2) is 69.5 Å². The lowest BCUT2D eigenvalue weighted by Gasteiger charge is -2.25. The summed E-state index contributed by atoms with van der Waals surface area (Å²) in [6, 6.07) is 5.84. The van der Waals surface area contributed by atoms with Gasteiger partial charge in [0.1, 0.15) is 0 Å². The number of thioether (sulfide) groups is 2. The molecule has 36 heavy (non-hydrogen) atoms. The summed E-state index contributed by atoms with van der Waals surface area (Å²) in [7, 11) is -3.56. The summed E-state index contributed by atoms with van der Waals surface area (Å²) in [6.45, 7) is 3.05. The molecular weight excluding hydrogens is 563 g/mol. The average Bonchev–Trinajstić information content (AvgIpc) is 3.52. The summed E-state index contributed by atoms with van der Waals surface area (Å²) in [4.78, 5) is 24.9. The topological polar surface area (TPSA) is 147 Å². The summed E-state index contributed by atoms with van der Waals surface area (Å²) in [5.41, 5.74) is 0.300. The standard InChI is InChI=1S/C20H23N7O4S5/c1-2-32-19-25-23-17(34-19)21-15(28)12-33-20-26-24-18(35-20)22-16(29)13-6-8-14(9-7-13)36(30,31)27-10-4-3-5-11-27/h6-9H,2-5,10-12H2,1H3,(H,21,23,28)(H,22,24,29). The number of amides is 2. The summed E-state index contributed by atoms with van der Waals surface area (Å²) < 4.78 is 28.3. The Morgan fingerprint density at radius 1 is 0.917 bits per heavy atom. The molecule has 0 atom stereocenters. The molecule has 1 aromatic carbocycles. The fourth-order valence-electron chi connectivity index (χ4n) is 3.25. The van der Waals surface area contributed by atoms with Crippen LogP contribution in [0.2, 0.25) is 0 Å². The number of carbonyl (C=O) groups excluding carboxylic acids is 2. The first-order valence-electron chi connectivity index (χ1n) is 11.0. The number of aromatic nitrogens is 4. The lowest BCUT2D eigenvalue weighted by atomic mass is 10.2. The number of hydrogen-bond acceptors (Lipinski definition) is 12. The van der Waals surface area contributed by atoms with Gasteiger partial charge in [-0.3, -0.25) is 20.2 Å². The van der Waals surface area contributed by atoms with Crippen LogP contribution in [0.5, 0.6) is 0 Å². The van der Waals surface area contributed by atoms with Gasteiger partial charge in [0.05, 0.1) is 10.6 Å². The highest BCUT2D eigenvalue weighted by Gasteiger charge is 2.26. The molecule has 0 radical (unpaired) electrons. The van der Waals surface area contributed by atoms with Crippen LogP contribution in [0.25, 0.3) is 0 Å². The Morgan fingerprint density at radius 3 is 2.17 bits per heavy atom. The number of rotatable bonds is 10. The van der Waals surface area contributed by atoms with E-state index in [4.69, 9.17) is 0 Å². The number of anilines is 2. The average molecular weight is 586 g/mol. The maximum absolute atomic E-state index is 12.8. The third kappa shape index (κ3) is 7.01. The maximum Gasteiger partial charge on any atom is 0.257 e. The van der Waals surface area contributed by atoms with Crippen molar-refractivity contribution in [3.63, 3.8) is 0 Å². The first kappa shape index (κ1) is 26.9. The minimum absolute atomic E-state index is 0.103. The van der Waals surface area contributed by atoms with E-state index in [1.165, 1.54) is 51.7 Å². The minimum Gasteiger partial charge on any atom is -0.300 e. The van der Waals surface area contributed by atoms with Gasteiger partial charge in [0.2, 0.25) is 26.2 Å². The second-order valence-corrected chi connectivity index (χ2v) is 14.1. The van der Waals surface area contributed by atoms with E-state index in [0.29, 0.717) is 28.1 Å². The number of sulfonamides is 1. The molecule has 11 nitrogen and oxygen atoms in total. The van der Waals surface area contributed by atoms with Gasteiger partial charge in [-0.15, -0.1) is 20.4 Å². The molecule has 16 heteroatoms. The molecule has 1 aliphatic heterocycles. The van der Waals surface area contributed by atoms with Crippen molar-refractivity contribution in [1.82, 2.24) is 24.7 Å². The zero-order chi connectivity index (χ0) is 25.5. The highest BCUT2D eigenvalue weighted by Crippen LogP contribution is 2.28. The monoisotopic (exact) mass is 585 g/mol. The van der Waals surface area contributed by atoms with Crippen molar-refractivity contribution in [3.8, 4) is 0 Å². The van der Waals surface area contributed by atoms with E-state index in [-0.39, 0.29) is 21.7 Å². The van der Waals surface area contributed by atoms with Gasteiger partial charge in [-0.25, -0.2) is 8.42 Å². The maximum atomic E-state index is 12.8. The molecule has 0 spiro atoms. The van der Waals surface area contributed by atoms with Crippen LogP contribution in [0, 0.1) is 0 Å². The van der Waals surface area contributed by atoms with Crippen LogP contribution >= 0.6 is 46.2 Å². The van der Waals surface area contributed by atoms with Crippen molar-refractivity contribution < 1.29 is 18.0 Å². The Morgan fingerprint density at radius 2 is 1.53 bits per heavy atom. The Hall–Kier alpha value is -2.11. The lowest BCUT2D eigenvalue weighted by Crippen LogP contribution is -2.35. The first-order valence-corrected chi connectivity index (χ1v) is 16.0. The van der Waals surface area contributed by atoms with Gasteiger partial charge in [-0.2, -0.15) is 4.31 Å². The van der Waals surface area contributed by atoms with E-state index in [9.17, 15) is 18.0 Å². The number of nitrogens with one attached hydrogen (secondary N) is 2. The zero-order valence-electron chi connectivity index (χ0n) is 19.2. The van der Waals surface area contributed by atoms with Crippen LogP contribution in [0.3, 0.4) is 0 Å². The molecule has 0 bridgehead atoms. The summed E-state index contributed by atoms with van der Waals surface area (Å²) in [6.07, 6.45) is 2.75. The SMILES string of the molecule is CCSc1nnc(NC(=O)CSc2nnc(NC(=O)c3ccc(S(=O)(=O)N4CCCCC4)cc3)s2)s1. The zero-order valence-corrected chi connectivity index (χ0v) is 23.3. The van der Waals surface area contributed by atoms with Crippen LogP contribution in [0.4, 0.5) is 10.3 Å². The summed E-state index contributed by atoms with van der Waals surface area (Å²) in [5, 5.41) is 21.9. The summed E-state index contributed by atoms with van der Waals surface area (Å²) >= 11 is 5.20. The molecule has 3 aromatic rings. The van der Waals surface area contributed by atoms with Crippen molar-refractivity contribution in [3.05, 3.63) is 29.8 Å². The molecule has 2 N–H and O–H groups in total. The molecule has 3 heterocycles. The molecule has 0 saturated carbocycles. The third-order valence-electron chi connectivity index (χ3n) is 4.94. The van der Waals surface area contributed by atoms with Crippen LogP contribution in [0.1, 0.15) is 36.5 Å². The normalized spacial score (nSPS) is 14.5. The Kier molecular flexibility index (Phi) is 9.30. The second-order valence-electron chi connectivity index (χ2n) is 7.46. The van der Waals surface area contributed by atoms with E-state index in [1.54, 1.807) is 11.8 Å². The number of nitrogens with zero attached hydrogens (tertiary/aromatic N) is 5. The van der Waals surface area contributed by atoms with Crippen LogP contribution < -0.4 is 10.6 Å². The van der Waals surface area contributed by atoms with Crippen LogP contribution in [0.15, 0.2) is 37.8 Å². The number of carbonyl (C=O) groups is 2. The molecular formula is C20H23N7O4S5. The van der Waals surface area contributed by atoms with Crippen molar-refractivity contribution in [2.24, 2.45) is 0 Å². The van der Waals surface area contributed by atoms with Gasteiger partial charge in [-0.1, -0.05) is 59.5 Å². The largest absolute Gasteiger partial charge is 0.300 e. The molecule has 0 aliphatic carbocycles. The fourth-order valence-corrected chi connectivity index (χ4v) is 7.97. The Labute approximate surface area is 224 Å². The molecule has 2 aromatic heterocycles. The van der Waals surface area contributed by atoms with Gasteiger partial charge in [0, 0.05) is 18.7 Å². The van der Waals surface area contributed by atoms with Crippen molar-refractivity contribution in [1.29, 1.82) is 0 Å². The van der Waals surface area contributed by atoms with E-state index >= 15 is 0 Å². The number of benzene rings is 1. The Balaban J connectivity index is 1.28. The fraction of sp³-hybridized carbons (Fsp3) is 0.400. The second kappa shape index (κ2) is 12.4. The number of hydrogen-bond donors (Lipinski definition) is 2. The highest BCUT2D eigenvalue weighted by atomic mass is 32.2. The molecule has 1 aliphatic rings. The van der Waals surface area contributed by atoms with Gasteiger partial charge in [-0.05, 0) is 42.9 Å². The van der Waals surface area contributed by atoms with E-state index < -0.39 is 15.9 Å². The van der Waals surface area contributed by atoms with Gasteiger partial charge in [0.15, 0.2) is 8.68 Å². The lowest BCUT2D eigenvalue weighted by molar-refractivity contribution is -0.113. The number of piperidine rings is 1. The van der Waals surface area contributed by atoms with Crippen molar-refractivity contribution in [2.75, 3.05) is 35.2 Å². The van der Waals surface area contributed by atoms with E-state index in [0.717, 1.165) is 40.7 Å². The summed E-state index contributed by atoms with van der Waals surface area (Å²) in [5.74, 6) is 0.301. The van der Waals surface area contributed by atoms with Crippen LogP contribution in [-0.2, 0) is 14.8 Å². The predicted octanol–water partition coefficient (Wildman–Crippen LogP) is 3.66. The smallest absolute Gasteiger partial charge is 0.257 e. The Bertz CT molecular complexity index is 1300. The minimum atomic E-state index is -3.56. The molecule has 1 saturated heterocycles. The quantitative estimate of drug-likeness (QED) is 0.267. The predicted molar refractivity (Wildman–Crippen MR) is 143 cm³/mol. The molecule has 2 amide bonds. The molecule has 0 unspecified atom stereocenters. The third-order valence-corrected chi connectivity index (χ3v) is 10.7. The van der Waals surface area contributed by atoms with Crippen molar-refractivity contribution >= 4 is 78.3 Å². The molecule has 1 fully saturated rings. The van der Waals surface area contributed by atoms with Gasteiger partial charge in [0.25, 0.3) is 5.91 Å². The van der Waals surface area contributed by atoms with E-state index in [2.05, 4.69) is 31.0 Å². The van der Waals surface area contributed by atoms with Crippen molar-refractivity contribution in [2.45, 2.75) is 39.8 Å². The van der Waals surface area contributed by atoms with E-state index in [1.807, 2.05) is 6.92 Å². The molecule has 4 rings (SSSR count). The molecule has 192 valence electrons. The first-order chi connectivity index (χ1) is 17.3. The van der Waals surface area contributed by atoms with Gasteiger partial charge < -0.3 is 0 Å². The van der Waals surface area contributed by atoms with Gasteiger partial charge >= 0.3 is 0 Å².